The molecular weight excluding hydrogens is 360 g/mol. The molecule has 4 rings (SSSR count). The highest BCUT2D eigenvalue weighted by atomic mass is 32.1. The van der Waals surface area contributed by atoms with Gasteiger partial charge in [-0.3, -0.25) is 9.59 Å². The predicted octanol–water partition coefficient (Wildman–Crippen LogP) is 3.11. The van der Waals surface area contributed by atoms with Crippen LogP contribution in [0, 0.1) is 5.92 Å². The Morgan fingerprint density at radius 3 is 2.81 bits per heavy atom. The lowest BCUT2D eigenvalue weighted by Gasteiger charge is -2.33. The van der Waals surface area contributed by atoms with Crippen molar-refractivity contribution in [1.82, 2.24) is 10.2 Å². The molecule has 0 spiro atoms. The second-order valence-electron chi connectivity index (χ2n) is 7.32. The topological polar surface area (TPSA) is 58.6 Å². The molecule has 1 aliphatic heterocycles. The van der Waals surface area contributed by atoms with Crippen LogP contribution in [0.15, 0.2) is 41.8 Å². The summed E-state index contributed by atoms with van der Waals surface area (Å²) in [6, 6.07) is 11.7. The Morgan fingerprint density at radius 1 is 1.22 bits per heavy atom. The average molecular weight is 385 g/mol. The van der Waals surface area contributed by atoms with Gasteiger partial charge < -0.3 is 15.0 Å². The molecule has 1 saturated carbocycles. The molecule has 1 aromatic carbocycles. The number of carbonyl (C=O) groups is 2. The summed E-state index contributed by atoms with van der Waals surface area (Å²) in [5.74, 6) is 1.47. The standard InChI is InChI=1S/C21H24N2O3S/c1-26-18-6-3-2-5-15(18)8-9-20(24)23-13-14-11-16(17(23)12-14)22-21(25)19-7-4-10-27-19/h2-7,10,14,16-17H,8-9,11-13H2,1H3,(H,22,25)/t14-,16+,17-/m1/s1. The number of ether oxygens (including phenoxy) is 1. The van der Waals surface area contributed by atoms with Crippen molar-refractivity contribution in [1.29, 1.82) is 0 Å². The van der Waals surface area contributed by atoms with E-state index in [2.05, 4.69) is 5.32 Å². The van der Waals surface area contributed by atoms with Crippen molar-refractivity contribution in [2.45, 2.75) is 37.8 Å². The van der Waals surface area contributed by atoms with Gasteiger partial charge in [0.2, 0.25) is 5.91 Å². The molecule has 142 valence electrons. The van der Waals surface area contributed by atoms with Crippen molar-refractivity contribution in [3.8, 4) is 5.75 Å². The Kier molecular flexibility index (Phi) is 5.16. The van der Waals surface area contributed by atoms with E-state index in [4.69, 9.17) is 4.74 Å². The number of aryl methyl sites for hydroxylation is 1. The Hall–Kier alpha value is -2.34. The van der Waals surface area contributed by atoms with Crippen molar-refractivity contribution in [3.05, 3.63) is 52.2 Å². The van der Waals surface area contributed by atoms with Gasteiger partial charge in [-0.15, -0.1) is 11.3 Å². The molecule has 27 heavy (non-hydrogen) atoms. The molecule has 1 aromatic heterocycles. The molecule has 1 aliphatic carbocycles. The van der Waals surface area contributed by atoms with E-state index in [1.165, 1.54) is 11.3 Å². The number of fused-ring (bicyclic) bond motifs is 2. The number of piperidine rings is 1. The summed E-state index contributed by atoms with van der Waals surface area (Å²) >= 11 is 1.45. The summed E-state index contributed by atoms with van der Waals surface area (Å²) in [6.45, 7) is 0.820. The highest BCUT2D eigenvalue weighted by Crippen LogP contribution is 2.38. The minimum atomic E-state index is -0.0241. The van der Waals surface area contributed by atoms with E-state index in [1.54, 1.807) is 7.11 Å². The van der Waals surface area contributed by atoms with Crippen molar-refractivity contribution in [3.63, 3.8) is 0 Å². The van der Waals surface area contributed by atoms with Crippen LogP contribution in [-0.2, 0) is 11.2 Å². The number of hydrogen-bond acceptors (Lipinski definition) is 4. The van der Waals surface area contributed by atoms with Crippen LogP contribution in [-0.4, -0.2) is 42.5 Å². The molecule has 2 aromatic rings. The zero-order chi connectivity index (χ0) is 18.8. The van der Waals surface area contributed by atoms with Gasteiger partial charge in [-0.25, -0.2) is 0 Å². The lowest BCUT2D eigenvalue weighted by molar-refractivity contribution is -0.133. The molecule has 2 amide bonds. The third-order valence-electron chi connectivity index (χ3n) is 5.66. The van der Waals surface area contributed by atoms with E-state index >= 15 is 0 Å². The molecule has 0 unspecified atom stereocenters. The van der Waals surface area contributed by atoms with Crippen molar-refractivity contribution < 1.29 is 14.3 Å². The summed E-state index contributed by atoms with van der Waals surface area (Å²) in [5.41, 5.74) is 1.06. The monoisotopic (exact) mass is 384 g/mol. The number of benzene rings is 1. The smallest absolute Gasteiger partial charge is 0.261 e. The Labute approximate surface area is 163 Å². The van der Waals surface area contributed by atoms with Gasteiger partial charge in [-0.1, -0.05) is 24.3 Å². The highest BCUT2D eigenvalue weighted by molar-refractivity contribution is 7.12. The number of carbonyl (C=O) groups excluding carboxylic acids is 2. The highest BCUT2D eigenvalue weighted by Gasteiger charge is 2.47. The molecule has 2 bridgehead atoms. The lowest BCUT2D eigenvalue weighted by atomic mass is 10.0. The second-order valence-corrected chi connectivity index (χ2v) is 8.27. The van der Waals surface area contributed by atoms with Gasteiger partial charge >= 0.3 is 0 Å². The quantitative estimate of drug-likeness (QED) is 0.833. The third kappa shape index (κ3) is 3.72. The predicted molar refractivity (Wildman–Crippen MR) is 105 cm³/mol. The average Bonchev–Trinajstić information content (AvgIpc) is 3.43. The Balaban J connectivity index is 1.36. The minimum absolute atomic E-state index is 0.0241. The SMILES string of the molecule is COc1ccccc1CCC(=O)N1C[C@@H]2C[C@H](NC(=O)c3cccs3)[C@H]1C2. The van der Waals surface area contributed by atoms with E-state index in [0.29, 0.717) is 18.8 Å². The summed E-state index contributed by atoms with van der Waals surface area (Å²) in [7, 11) is 1.65. The molecule has 2 aliphatic rings. The second kappa shape index (κ2) is 7.72. The zero-order valence-electron chi connectivity index (χ0n) is 15.4. The van der Waals surface area contributed by atoms with Gasteiger partial charge in [0, 0.05) is 19.0 Å². The van der Waals surface area contributed by atoms with Gasteiger partial charge in [0.15, 0.2) is 0 Å². The number of nitrogens with one attached hydrogen (secondary N) is 1. The summed E-state index contributed by atoms with van der Waals surface area (Å²) < 4.78 is 5.38. The van der Waals surface area contributed by atoms with E-state index < -0.39 is 0 Å². The van der Waals surface area contributed by atoms with Crippen LogP contribution in [0.4, 0.5) is 0 Å². The maximum Gasteiger partial charge on any atom is 0.261 e. The fourth-order valence-electron chi connectivity index (χ4n) is 4.41. The third-order valence-corrected chi connectivity index (χ3v) is 6.53. The van der Waals surface area contributed by atoms with Crippen LogP contribution >= 0.6 is 11.3 Å². The maximum atomic E-state index is 12.8. The molecule has 6 heteroatoms. The molecule has 1 saturated heterocycles. The molecule has 5 nitrogen and oxygen atoms in total. The zero-order valence-corrected chi connectivity index (χ0v) is 16.2. The fourth-order valence-corrected chi connectivity index (χ4v) is 5.04. The number of nitrogens with zero attached hydrogens (tertiary/aromatic N) is 1. The number of amides is 2. The van der Waals surface area contributed by atoms with Crippen LogP contribution in [0.25, 0.3) is 0 Å². The van der Waals surface area contributed by atoms with Crippen LogP contribution in [0.2, 0.25) is 0 Å². The number of rotatable bonds is 6. The molecule has 3 atom stereocenters. The van der Waals surface area contributed by atoms with Gasteiger partial charge in [0.1, 0.15) is 5.75 Å². The number of likely N-dealkylation sites (tertiary alicyclic amines) is 1. The maximum absolute atomic E-state index is 12.8. The van der Waals surface area contributed by atoms with Crippen LogP contribution in [0.3, 0.4) is 0 Å². The van der Waals surface area contributed by atoms with E-state index in [-0.39, 0.29) is 23.9 Å². The van der Waals surface area contributed by atoms with E-state index in [9.17, 15) is 9.59 Å². The normalized spacial score (nSPS) is 23.4. The largest absolute Gasteiger partial charge is 0.496 e. The first-order valence-corrected chi connectivity index (χ1v) is 10.3. The molecule has 2 fully saturated rings. The molecule has 2 heterocycles. The summed E-state index contributed by atoms with van der Waals surface area (Å²) in [6.07, 6.45) is 3.10. The fraction of sp³-hybridized carbons (Fsp3) is 0.429. The van der Waals surface area contributed by atoms with Crippen LogP contribution in [0.1, 0.15) is 34.5 Å². The first-order chi connectivity index (χ1) is 13.2. The number of methoxy groups -OCH3 is 1. The summed E-state index contributed by atoms with van der Waals surface area (Å²) in [5, 5.41) is 5.05. The lowest BCUT2D eigenvalue weighted by Crippen LogP contribution is -2.51. The van der Waals surface area contributed by atoms with E-state index in [1.807, 2.05) is 46.7 Å². The van der Waals surface area contributed by atoms with E-state index in [0.717, 1.165) is 35.6 Å². The van der Waals surface area contributed by atoms with Crippen molar-refractivity contribution in [2.24, 2.45) is 5.92 Å². The molecular formula is C21H24N2O3S. The van der Waals surface area contributed by atoms with Crippen LogP contribution < -0.4 is 10.1 Å². The van der Waals surface area contributed by atoms with Gasteiger partial charge in [-0.2, -0.15) is 0 Å². The first kappa shape index (κ1) is 18.0. The summed E-state index contributed by atoms with van der Waals surface area (Å²) in [4.78, 5) is 27.9. The Bertz CT molecular complexity index is 821. The van der Waals surface area contributed by atoms with Crippen molar-refractivity contribution in [2.75, 3.05) is 13.7 Å². The molecule has 0 radical (unpaired) electrons. The first-order valence-electron chi connectivity index (χ1n) is 9.41. The van der Waals surface area contributed by atoms with Gasteiger partial charge in [0.25, 0.3) is 5.91 Å². The number of thiophene rings is 1. The van der Waals surface area contributed by atoms with Gasteiger partial charge in [-0.05, 0) is 48.3 Å². The minimum Gasteiger partial charge on any atom is -0.496 e. The van der Waals surface area contributed by atoms with Crippen molar-refractivity contribution >= 4 is 23.2 Å². The van der Waals surface area contributed by atoms with Gasteiger partial charge in [0.05, 0.1) is 18.0 Å². The number of hydrogen-bond donors (Lipinski definition) is 1. The molecule has 1 N–H and O–H groups in total. The number of para-hydroxylation sites is 1. The Morgan fingerprint density at radius 2 is 2.07 bits per heavy atom. The van der Waals surface area contributed by atoms with Crippen LogP contribution in [0.5, 0.6) is 5.75 Å².